The number of pyridine rings is 1. The van der Waals surface area contributed by atoms with E-state index in [0.717, 1.165) is 37.3 Å². The Labute approximate surface area is 115 Å². The van der Waals surface area contributed by atoms with E-state index in [4.69, 9.17) is 17.3 Å². The maximum Gasteiger partial charge on any atom is 0.147 e. The predicted octanol–water partition coefficient (Wildman–Crippen LogP) is 3.60. The van der Waals surface area contributed by atoms with Gasteiger partial charge in [-0.1, -0.05) is 38.3 Å². The van der Waals surface area contributed by atoms with Crippen LogP contribution in [0.25, 0.3) is 0 Å². The van der Waals surface area contributed by atoms with E-state index < -0.39 is 0 Å². The molecule has 18 heavy (non-hydrogen) atoms. The highest BCUT2D eigenvalue weighted by Gasteiger charge is 2.13. The number of halogens is 1. The van der Waals surface area contributed by atoms with Crippen LogP contribution in [0, 0.1) is 0 Å². The number of nitrogens with two attached hydrogens (primary N) is 1. The molecule has 0 spiro atoms. The van der Waals surface area contributed by atoms with Gasteiger partial charge in [0, 0.05) is 25.8 Å². The van der Waals surface area contributed by atoms with Crippen LogP contribution in [0.2, 0.25) is 5.02 Å². The molecule has 0 aliphatic heterocycles. The molecular weight excluding hydrogens is 246 g/mol. The van der Waals surface area contributed by atoms with E-state index in [1.165, 1.54) is 12.8 Å². The standard InChI is InChI=1S/C14H24ClN3/c1-3-5-9-18(10-6-4-2)14-13(15)12(11-16)7-8-17-14/h7-8H,3-6,9-11,16H2,1-2H3. The first-order valence-corrected chi connectivity index (χ1v) is 7.20. The number of anilines is 1. The summed E-state index contributed by atoms with van der Waals surface area (Å²) in [4.78, 5) is 6.72. The van der Waals surface area contributed by atoms with Crippen molar-refractivity contribution in [2.24, 2.45) is 5.73 Å². The van der Waals surface area contributed by atoms with Crippen molar-refractivity contribution in [2.75, 3.05) is 18.0 Å². The Balaban J connectivity index is 2.88. The third-order valence-corrected chi connectivity index (χ3v) is 3.45. The number of hydrogen-bond donors (Lipinski definition) is 1. The normalized spacial score (nSPS) is 10.7. The number of nitrogens with zero attached hydrogens (tertiary/aromatic N) is 2. The summed E-state index contributed by atoms with van der Waals surface area (Å²) < 4.78 is 0. The Morgan fingerprint density at radius 2 is 1.83 bits per heavy atom. The van der Waals surface area contributed by atoms with Crippen molar-refractivity contribution in [2.45, 2.75) is 46.1 Å². The highest BCUT2D eigenvalue weighted by Crippen LogP contribution is 2.27. The van der Waals surface area contributed by atoms with Crippen molar-refractivity contribution in [3.8, 4) is 0 Å². The highest BCUT2D eigenvalue weighted by atomic mass is 35.5. The molecule has 4 heteroatoms. The summed E-state index contributed by atoms with van der Waals surface area (Å²) in [6, 6.07) is 1.89. The zero-order chi connectivity index (χ0) is 13.4. The molecule has 0 atom stereocenters. The molecular formula is C14H24ClN3. The van der Waals surface area contributed by atoms with Gasteiger partial charge in [0.2, 0.25) is 0 Å². The van der Waals surface area contributed by atoms with Gasteiger partial charge < -0.3 is 10.6 Å². The van der Waals surface area contributed by atoms with Gasteiger partial charge in [0.1, 0.15) is 5.82 Å². The average molecular weight is 270 g/mol. The monoisotopic (exact) mass is 269 g/mol. The van der Waals surface area contributed by atoms with Gasteiger partial charge in [0.15, 0.2) is 0 Å². The minimum absolute atomic E-state index is 0.462. The zero-order valence-corrected chi connectivity index (χ0v) is 12.2. The lowest BCUT2D eigenvalue weighted by Gasteiger charge is -2.25. The summed E-state index contributed by atoms with van der Waals surface area (Å²) in [5.74, 6) is 0.890. The molecule has 0 aromatic carbocycles. The van der Waals surface area contributed by atoms with E-state index in [2.05, 4.69) is 23.7 Å². The quantitative estimate of drug-likeness (QED) is 0.784. The SMILES string of the molecule is CCCCN(CCCC)c1nccc(CN)c1Cl. The van der Waals surface area contributed by atoms with Gasteiger partial charge in [-0.2, -0.15) is 0 Å². The minimum atomic E-state index is 0.462. The van der Waals surface area contributed by atoms with Crippen LogP contribution in [0.1, 0.15) is 45.1 Å². The second-order valence-electron chi connectivity index (χ2n) is 4.51. The first kappa shape index (κ1) is 15.3. The molecule has 2 N–H and O–H groups in total. The summed E-state index contributed by atoms with van der Waals surface area (Å²) in [5, 5.41) is 0.715. The smallest absolute Gasteiger partial charge is 0.147 e. The molecule has 0 amide bonds. The molecule has 0 fully saturated rings. The van der Waals surface area contributed by atoms with Crippen molar-refractivity contribution >= 4 is 17.4 Å². The third kappa shape index (κ3) is 4.14. The van der Waals surface area contributed by atoms with Gasteiger partial charge in [0.05, 0.1) is 5.02 Å². The molecule has 1 heterocycles. The fourth-order valence-electron chi connectivity index (χ4n) is 1.87. The second kappa shape index (κ2) is 8.33. The first-order valence-electron chi connectivity index (χ1n) is 6.82. The van der Waals surface area contributed by atoms with E-state index in [0.29, 0.717) is 11.6 Å². The summed E-state index contributed by atoms with van der Waals surface area (Å²) >= 11 is 6.38. The maximum atomic E-state index is 6.38. The Morgan fingerprint density at radius 3 is 2.33 bits per heavy atom. The fourth-order valence-corrected chi connectivity index (χ4v) is 2.18. The second-order valence-corrected chi connectivity index (χ2v) is 4.88. The lowest BCUT2D eigenvalue weighted by molar-refractivity contribution is 0.671. The first-order chi connectivity index (χ1) is 8.74. The van der Waals surface area contributed by atoms with Gasteiger partial charge in [-0.15, -0.1) is 0 Å². The molecule has 1 aromatic rings. The lowest BCUT2D eigenvalue weighted by Crippen LogP contribution is -2.27. The molecule has 0 radical (unpaired) electrons. The number of rotatable bonds is 8. The van der Waals surface area contributed by atoms with Gasteiger partial charge in [-0.3, -0.25) is 0 Å². The van der Waals surface area contributed by atoms with E-state index in [1.807, 2.05) is 6.07 Å². The number of aromatic nitrogens is 1. The van der Waals surface area contributed by atoms with Crippen molar-refractivity contribution in [3.05, 3.63) is 22.8 Å². The molecule has 0 aliphatic carbocycles. The van der Waals surface area contributed by atoms with Crippen molar-refractivity contribution in [1.82, 2.24) is 4.98 Å². The minimum Gasteiger partial charge on any atom is -0.355 e. The molecule has 0 saturated heterocycles. The van der Waals surface area contributed by atoms with Crippen LogP contribution < -0.4 is 10.6 Å². The van der Waals surface area contributed by atoms with E-state index in [9.17, 15) is 0 Å². The molecule has 0 bridgehead atoms. The van der Waals surface area contributed by atoms with Crippen LogP contribution in [0.5, 0.6) is 0 Å². The molecule has 102 valence electrons. The van der Waals surface area contributed by atoms with Crippen LogP contribution in [0.4, 0.5) is 5.82 Å². The lowest BCUT2D eigenvalue weighted by atomic mass is 10.2. The average Bonchev–Trinajstić information content (AvgIpc) is 2.40. The van der Waals surface area contributed by atoms with Crippen LogP contribution in [-0.4, -0.2) is 18.1 Å². The third-order valence-electron chi connectivity index (χ3n) is 3.03. The number of hydrogen-bond acceptors (Lipinski definition) is 3. The van der Waals surface area contributed by atoms with Crippen LogP contribution >= 0.6 is 11.6 Å². The Hall–Kier alpha value is -0.800. The molecule has 0 saturated carbocycles. The summed E-state index contributed by atoms with van der Waals surface area (Å²) in [6.07, 6.45) is 6.48. The topological polar surface area (TPSA) is 42.2 Å². The largest absolute Gasteiger partial charge is 0.355 e. The Morgan fingerprint density at radius 1 is 1.22 bits per heavy atom. The van der Waals surface area contributed by atoms with Crippen LogP contribution in [0.3, 0.4) is 0 Å². The van der Waals surface area contributed by atoms with Crippen molar-refractivity contribution < 1.29 is 0 Å². The molecule has 1 rings (SSSR count). The molecule has 0 aliphatic rings. The molecule has 1 aromatic heterocycles. The van der Waals surface area contributed by atoms with E-state index in [1.54, 1.807) is 6.20 Å². The van der Waals surface area contributed by atoms with Gasteiger partial charge in [0.25, 0.3) is 0 Å². The maximum absolute atomic E-state index is 6.38. The van der Waals surface area contributed by atoms with Gasteiger partial charge in [-0.05, 0) is 24.5 Å². The molecule has 3 nitrogen and oxygen atoms in total. The molecule has 0 unspecified atom stereocenters. The van der Waals surface area contributed by atoms with Crippen LogP contribution in [-0.2, 0) is 6.54 Å². The highest BCUT2D eigenvalue weighted by molar-refractivity contribution is 6.33. The predicted molar refractivity (Wildman–Crippen MR) is 79.2 cm³/mol. The summed E-state index contributed by atoms with van der Waals surface area (Å²) in [6.45, 7) is 6.88. The van der Waals surface area contributed by atoms with Gasteiger partial charge >= 0.3 is 0 Å². The van der Waals surface area contributed by atoms with E-state index in [-0.39, 0.29) is 0 Å². The van der Waals surface area contributed by atoms with Crippen molar-refractivity contribution in [1.29, 1.82) is 0 Å². The summed E-state index contributed by atoms with van der Waals surface area (Å²) in [7, 11) is 0. The van der Waals surface area contributed by atoms with E-state index >= 15 is 0 Å². The van der Waals surface area contributed by atoms with Crippen molar-refractivity contribution in [3.63, 3.8) is 0 Å². The van der Waals surface area contributed by atoms with Crippen LogP contribution in [0.15, 0.2) is 12.3 Å². The Bertz CT molecular complexity index is 347. The Kier molecular flexibility index (Phi) is 7.06. The summed E-state index contributed by atoms with van der Waals surface area (Å²) in [5.41, 5.74) is 6.66. The zero-order valence-electron chi connectivity index (χ0n) is 11.5. The van der Waals surface area contributed by atoms with Gasteiger partial charge in [-0.25, -0.2) is 4.98 Å². The fraction of sp³-hybridized carbons (Fsp3) is 0.643. The number of unbranched alkanes of at least 4 members (excludes halogenated alkanes) is 2.